The van der Waals surface area contributed by atoms with Gasteiger partial charge in [-0.15, -0.1) is 0 Å². The Morgan fingerprint density at radius 3 is 2.53 bits per heavy atom. The van der Waals surface area contributed by atoms with Gasteiger partial charge in [0.2, 0.25) is 0 Å². The summed E-state index contributed by atoms with van der Waals surface area (Å²) in [6, 6.07) is 7.99. The van der Waals surface area contributed by atoms with Gasteiger partial charge in [-0.3, -0.25) is 4.68 Å². The first-order chi connectivity index (χ1) is 8.20. The molecule has 0 aliphatic rings. The summed E-state index contributed by atoms with van der Waals surface area (Å²) < 4.78 is 1.73. The van der Waals surface area contributed by atoms with E-state index in [4.69, 9.17) is 5.26 Å². The van der Waals surface area contributed by atoms with Crippen molar-refractivity contribution in [3.63, 3.8) is 0 Å². The lowest BCUT2D eigenvalue weighted by Gasteiger charge is -2.01. The van der Waals surface area contributed by atoms with Crippen LogP contribution in [-0.4, -0.2) is 9.78 Å². The fourth-order valence-corrected chi connectivity index (χ4v) is 1.55. The maximum absolute atomic E-state index is 9.00. The van der Waals surface area contributed by atoms with Crippen LogP contribution in [-0.2, 0) is 7.05 Å². The van der Waals surface area contributed by atoms with Crippen molar-refractivity contribution in [2.45, 2.75) is 20.8 Å². The van der Waals surface area contributed by atoms with E-state index in [2.05, 4.69) is 11.2 Å². The summed E-state index contributed by atoms with van der Waals surface area (Å²) in [4.78, 5) is 0. The molecule has 0 aliphatic carbocycles. The Morgan fingerprint density at radius 1 is 1.29 bits per heavy atom. The van der Waals surface area contributed by atoms with Gasteiger partial charge in [0.05, 0.1) is 17.8 Å². The van der Waals surface area contributed by atoms with Crippen LogP contribution in [0.2, 0.25) is 0 Å². The van der Waals surface area contributed by atoms with E-state index in [1.54, 1.807) is 10.9 Å². The monoisotopic (exact) mass is 227 g/mol. The smallest absolute Gasteiger partial charge is 0.0998 e. The van der Waals surface area contributed by atoms with E-state index in [1.807, 2.05) is 52.2 Å². The third-order valence-corrected chi connectivity index (χ3v) is 2.31. The van der Waals surface area contributed by atoms with Gasteiger partial charge in [0.1, 0.15) is 0 Å². The molecule has 0 saturated heterocycles. The standard InChI is InChI=1S/C12H11N3.C2H6/c1-9-3-4-10(6-13)12(5-9)11-7-14-15(2)8-11;1-2/h3-5,7-8H,1-2H3;1-2H3. The second kappa shape index (κ2) is 5.86. The summed E-state index contributed by atoms with van der Waals surface area (Å²) in [6.07, 6.45) is 3.69. The van der Waals surface area contributed by atoms with Gasteiger partial charge in [-0.25, -0.2) is 0 Å². The summed E-state index contributed by atoms with van der Waals surface area (Å²) in [5.74, 6) is 0. The van der Waals surface area contributed by atoms with Gasteiger partial charge >= 0.3 is 0 Å². The molecule has 88 valence electrons. The van der Waals surface area contributed by atoms with E-state index in [0.29, 0.717) is 5.56 Å². The summed E-state index contributed by atoms with van der Waals surface area (Å²) in [5.41, 5.74) is 3.77. The van der Waals surface area contributed by atoms with E-state index < -0.39 is 0 Å². The van der Waals surface area contributed by atoms with Gasteiger partial charge in [-0.05, 0) is 19.1 Å². The Bertz CT molecular complexity index is 533. The molecule has 0 atom stereocenters. The van der Waals surface area contributed by atoms with Crippen molar-refractivity contribution in [1.29, 1.82) is 5.26 Å². The average molecular weight is 227 g/mol. The van der Waals surface area contributed by atoms with Gasteiger partial charge < -0.3 is 0 Å². The molecule has 2 aromatic rings. The van der Waals surface area contributed by atoms with Gasteiger partial charge in [0.15, 0.2) is 0 Å². The summed E-state index contributed by atoms with van der Waals surface area (Å²) >= 11 is 0. The van der Waals surface area contributed by atoms with Gasteiger partial charge in [0.25, 0.3) is 0 Å². The summed E-state index contributed by atoms with van der Waals surface area (Å²) in [6.45, 7) is 6.01. The number of aryl methyl sites for hydroxylation is 2. The number of nitriles is 1. The lowest BCUT2D eigenvalue weighted by Crippen LogP contribution is -1.86. The fraction of sp³-hybridized carbons (Fsp3) is 0.286. The predicted molar refractivity (Wildman–Crippen MR) is 69.4 cm³/mol. The van der Waals surface area contributed by atoms with Crippen LogP contribution in [0, 0.1) is 18.3 Å². The molecule has 1 heterocycles. The molecular formula is C14H17N3. The molecule has 0 saturated carbocycles. The maximum atomic E-state index is 9.00. The van der Waals surface area contributed by atoms with Crippen LogP contribution in [0.25, 0.3) is 11.1 Å². The highest BCUT2D eigenvalue weighted by Gasteiger charge is 2.06. The molecule has 0 N–H and O–H groups in total. The largest absolute Gasteiger partial charge is 0.275 e. The molecule has 1 aromatic carbocycles. The number of rotatable bonds is 1. The predicted octanol–water partition coefficient (Wildman–Crippen LogP) is 3.29. The Kier molecular flexibility index (Phi) is 4.47. The lowest BCUT2D eigenvalue weighted by molar-refractivity contribution is 0.768. The number of nitrogens with zero attached hydrogens (tertiary/aromatic N) is 3. The normalized spacial score (nSPS) is 9.12. The molecular weight excluding hydrogens is 210 g/mol. The highest BCUT2D eigenvalue weighted by Crippen LogP contribution is 2.23. The minimum absolute atomic E-state index is 0.689. The highest BCUT2D eigenvalue weighted by atomic mass is 15.2. The molecule has 0 aliphatic heterocycles. The van der Waals surface area contributed by atoms with E-state index in [1.165, 1.54) is 0 Å². The zero-order valence-electron chi connectivity index (χ0n) is 10.7. The molecule has 0 fully saturated rings. The van der Waals surface area contributed by atoms with E-state index in [-0.39, 0.29) is 0 Å². The quantitative estimate of drug-likeness (QED) is 0.750. The van der Waals surface area contributed by atoms with Gasteiger partial charge in [-0.1, -0.05) is 25.5 Å². The average Bonchev–Trinajstić information content (AvgIpc) is 2.78. The second-order valence-corrected chi connectivity index (χ2v) is 3.56. The number of hydrogen-bond donors (Lipinski definition) is 0. The third kappa shape index (κ3) is 2.94. The summed E-state index contributed by atoms with van der Waals surface area (Å²) in [5, 5.41) is 13.1. The van der Waals surface area contributed by atoms with Crippen molar-refractivity contribution >= 4 is 0 Å². The van der Waals surface area contributed by atoms with Crippen LogP contribution >= 0.6 is 0 Å². The molecule has 0 unspecified atom stereocenters. The van der Waals surface area contributed by atoms with Crippen LogP contribution < -0.4 is 0 Å². The number of aromatic nitrogens is 2. The Labute approximate surface area is 102 Å². The Balaban J connectivity index is 0.000000686. The van der Waals surface area contributed by atoms with Crippen LogP contribution in [0.15, 0.2) is 30.6 Å². The van der Waals surface area contributed by atoms with Gasteiger partial charge in [0, 0.05) is 24.4 Å². The zero-order chi connectivity index (χ0) is 12.8. The first-order valence-electron chi connectivity index (χ1n) is 5.70. The number of hydrogen-bond acceptors (Lipinski definition) is 2. The van der Waals surface area contributed by atoms with E-state index >= 15 is 0 Å². The highest BCUT2D eigenvalue weighted by molar-refractivity contribution is 5.70. The van der Waals surface area contributed by atoms with E-state index in [9.17, 15) is 0 Å². The van der Waals surface area contributed by atoms with Crippen molar-refractivity contribution < 1.29 is 0 Å². The topological polar surface area (TPSA) is 41.6 Å². The molecule has 0 bridgehead atoms. The Hall–Kier alpha value is -2.08. The van der Waals surface area contributed by atoms with Crippen LogP contribution in [0.4, 0.5) is 0 Å². The second-order valence-electron chi connectivity index (χ2n) is 3.56. The molecule has 0 radical (unpaired) electrons. The van der Waals surface area contributed by atoms with Gasteiger partial charge in [-0.2, -0.15) is 10.4 Å². The van der Waals surface area contributed by atoms with Crippen molar-refractivity contribution in [3.8, 4) is 17.2 Å². The third-order valence-electron chi connectivity index (χ3n) is 2.31. The fourth-order valence-electron chi connectivity index (χ4n) is 1.55. The molecule has 0 amide bonds. The molecule has 1 aromatic heterocycles. The minimum atomic E-state index is 0.689. The molecule has 3 heteroatoms. The van der Waals surface area contributed by atoms with Crippen molar-refractivity contribution in [2.75, 3.05) is 0 Å². The zero-order valence-corrected chi connectivity index (χ0v) is 10.7. The SMILES string of the molecule is CC.Cc1ccc(C#N)c(-c2cnn(C)c2)c1. The first-order valence-corrected chi connectivity index (χ1v) is 5.70. The molecule has 17 heavy (non-hydrogen) atoms. The van der Waals surface area contributed by atoms with E-state index in [0.717, 1.165) is 16.7 Å². The Morgan fingerprint density at radius 2 is 2.00 bits per heavy atom. The molecule has 0 spiro atoms. The molecule has 3 nitrogen and oxygen atoms in total. The van der Waals surface area contributed by atoms with Crippen LogP contribution in [0.3, 0.4) is 0 Å². The minimum Gasteiger partial charge on any atom is -0.275 e. The van der Waals surface area contributed by atoms with Crippen molar-refractivity contribution in [3.05, 3.63) is 41.7 Å². The van der Waals surface area contributed by atoms with Crippen LogP contribution in [0.5, 0.6) is 0 Å². The molecule has 2 rings (SSSR count). The first kappa shape index (κ1) is 13.0. The maximum Gasteiger partial charge on any atom is 0.0998 e. The van der Waals surface area contributed by atoms with Crippen molar-refractivity contribution in [2.24, 2.45) is 7.05 Å². The van der Waals surface area contributed by atoms with Crippen LogP contribution in [0.1, 0.15) is 25.0 Å². The summed E-state index contributed by atoms with van der Waals surface area (Å²) in [7, 11) is 1.87. The lowest BCUT2D eigenvalue weighted by atomic mass is 10.0. The number of benzene rings is 1. The van der Waals surface area contributed by atoms with Crippen molar-refractivity contribution in [1.82, 2.24) is 9.78 Å².